The standard InChI is InChI=1S/C18H27N5O2/c1-13-12-21(2)9-7-16(13)22(3)18(25)20-14-5-4-6-15(11-14)23-10-8-19-17(23)24/h4-6,11,13,16H,7-10,12H2,1-3H3,(H,19,24)(H,20,25). The van der Waals surface area contributed by atoms with E-state index in [1.165, 1.54) is 0 Å². The number of carbonyl (C=O) groups excluding carboxylic acids is 2. The summed E-state index contributed by atoms with van der Waals surface area (Å²) in [5.74, 6) is 0.439. The Morgan fingerprint density at radius 1 is 1.36 bits per heavy atom. The molecule has 2 heterocycles. The molecular formula is C18H27N5O2. The second-order valence-corrected chi connectivity index (χ2v) is 7.07. The number of hydrogen-bond acceptors (Lipinski definition) is 3. The van der Waals surface area contributed by atoms with E-state index in [0.717, 1.165) is 25.2 Å². The monoisotopic (exact) mass is 345 g/mol. The van der Waals surface area contributed by atoms with Gasteiger partial charge in [0.1, 0.15) is 0 Å². The van der Waals surface area contributed by atoms with Gasteiger partial charge in [0.2, 0.25) is 0 Å². The van der Waals surface area contributed by atoms with Gasteiger partial charge < -0.3 is 20.4 Å². The van der Waals surface area contributed by atoms with E-state index in [4.69, 9.17) is 0 Å². The zero-order valence-corrected chi connectivity index (χ0v) is 15.2. The lowest BCUT2D eigenvalue weighted by Crippen LogP contribution is -2.50. The lowest BCUT2D eigenvalue weighted by atomic mass is 9.93. The summed E-state index contributed by atoms with van der Waals surface area (Å²) in [5, 5.41) is 5.75. The van der Waals surface area contributed by atoms with E-state index in [-0.39, 0.29) is 18.1 Å². The lowest BCUT2D eigenvalue weighted by Gasteiger charge is -2.39. The fourth-order valence-corrected chi connectivity index (χ4v) is 3.75. The number of hydrogen-bond donors (Lipinski definition) is 2. The predicted molar refractivity (Wildman–Crippen MR) is 99.0 cm³/mol. The summed E-state index contributed by atoms with van der Waals surface area (Å²) in [6, 6.07) is 7.46. The Hall–Kier alpha value is -2.28. The van der Waals surface area contributed by atoms with Crippen LogP contribution >= 0.6 is 0 Å². The third-order valence-electron chi connectivity index (χ3n) is 5.15. The van der Waals surface area contributed by atoms with Gasteiger partial charge >= 0.3 is 12.1 Å². The first-order valence-corrected chi connectivity index (χ1v) is 8.83. The van der Waals surface area contributed by atoms with Crippen molar-refractivity contribution < 1.29 is 9.59 Å². The maximum absolute atomic E-state index is 12.6. The average molecular weight is 345 g/mol. The van der Waals surface area contributed by atoms with Crippen LogP contribution in [0.3, 0.4) is 0 Å². The van der Waals surface area contributed by atoms with E-state index >= 15 is 0 Å². The number of amides is 4. The van der Waals surface area contributed by atoms with Gasteiger partial charge in [0.15, 0.2) is 0 Å². The second kappa shape index (κ2) is 7.31. The van der Waals surface area contributed by atoms with Crippen molar-refractivity contribution in [1.82, 2.24) is 15.1 Å². The van der Waals surface area contributed by atoms with Crippen molar-refractivity contribution in [3.63, 3.8) is 0 Å². The minimum atomic E-state index is -0.107. The van der Waals surface area contributed by atoms with Crippen molar-refractivity contribution in [2.45, 2.75) is 19.4 Å². The Bertz CT molecular complexity index is 650. The quantitative estimate of drug-likeness (QED) is 0.881. The van der Waals surface area contributed by atoms with Gasteiger partial charge in [-0.25, -0.2) is 9.59 Å². The van der Waals surface area contributed by atoms with Gasteiger partial charge in [-0.2, -0.15) is 0 Å². The molecule has 2 unspecified atom stereocenters. The van der Waals surface area contributed by atoms with Gasteiger partial charge in [-0.3, -0.25) is 4.90 Å². The Morgan fingerprint density at radius 2 is 2.16 bits per heavy atom. The van der Waals surface area contributed by atoms with Crippen LogP contribution in [0.15, 0.2) is 24.3 Å². The highest BCUT2D eigenvalue weighted by molar-refractivity contribution is 5.95. The summed E-state index contributed by atoms with van der Waals surface area (Å²) >= 11 is 0. The average Bonchev–Trinajstić information content (AvgIpc) is 3.00. The number of benzene rings is 1. The Kier molecular flexibility index (Phi) is 5.13. The van der Waals surface area contributed by atoms with Crippen LogP contribution in [0.1, 0.15) is 13.3 Å². The molecule has 25 heavy (non-hydrogen) atoms. The number of nitrogens with one attached hydrogen (secondary N) is 2. The highest BCUT2D eigenvalue weighted by atomic mass is 16.2. The number of nitrogens with zero attached hydrogens (tertiary/aromatic N) is 3. The zero-order chi connectivity index (χ0) is 18.0. The summed E-state index contributed by atoms with van der Waals surface area (Å²) in [5.41, 5.74) is 1.50. The van der Waals surface area contributed by atoms with E-state index in [1.54, 1.807) is 4.90 Å². The highest BCUT2D eigenvalue weighted by Gasteiger charge is 2.30. The van der Waals surface area contributed by atoms with Crippen molar-refractivity contribution in [2.75, 3.05) is 50.5 Å². The molecule has 3 rings (SSSR count). The van der Waals surface area contributed by atoms with Crippen LogP contribution in [0, 0.1) is 5.92 Å². The second-order valence-electron chi connectivity index (χ2n) is 7.07. The van der Waals surface area contributed by atoms with Crippen LogP contribution in [0.25, 0.3) is 0 Å². The molecule has 0 aliphatic carbocycles. The summed E-state index contributed by atoms with van der Waals surface area (Å²) in [6.07, 6.45) is 0.982. The van der Waals surface area contributed by atoms with Gasteiger partial charge in [0.05, 0.1) is 0 Å². The molecule has 7 heteroatoms. The lowest BCUT2D eigenvalue weighted by molar-refractivity contribution is 0.113. The third kappa shape index (κ3) is 3.87. The first-order chi connectivity index (χ1) is 12.0. The number of carbonyl (C=O) groups is 2. The number of urea groups is 2. The fourth-order valence-electron chi connectivity index (χ4n) is 3.75. The van der Waals surface area contributed by atoms with E-state index in [2.05, 4.69) is 29.5 Å². The van der Waals surface area contributed by atoms with Crippen molar-refractivity contribution in [3.8, 4) is 0 Å². The van der Waals surface area contributed by atoms with Gasteiger partial charge in [-0.05, 0) is 44.1 Å². The van der Waals surface area contributed by atoms with E-state index in [9.17, 15) is 9.59 Å². The molecule has 2 N–H and O–H groups in total. The molecule has 1 aromatic carbocycles. The van der Waals surface area contributed by atoms with Crippen LogP contribution in [0.4, 0.5) is 21.0 Å². The van der Waals surface area contributed by atoms with Gasteiger partial charge in [-0.1, -0.05) is 13.0 Å². The van der Waals surface area contributed by atoms with Gasteiger partial charge in [0, 0.05) is 44.1 Å². The number of anilines is 2. The smallest absolute Gasteiger partial charge is 0.321 e. The molecule has 2 fully saturated rings. The molecule has 0 saturated carbocycles. The minimum Gasteiger partial charge on any atom is -0.336 e. The molecule has 2 aliphatic rings. The Morgan fingerprint density at radius 3 is 2.84 bits per heavy atom. The SMILES string of the molecule is CC1CN(C)CCC1N(C)C(=O)Nc1cccc(N2CCNC2=O)c1. The van der Waals surface area contributed by atoms with E-state index in [0.29, 0.717) is 24.7 Å². The summed E-state index contributed by atoms with van der Waals surface area (Å²) in [6.45, 7) is 5.49. The molecule has 0 spiro atoms. The van der Waals surface area contributed by atoms with Crippen LogP contribution in [0.5, 0.6) is 0 Å². The van der Waals surface area contributed by atoms with Crippen molar-refractivity contribution >= 4 is 23.4 Å². The van der Waals surface area contributed by atoms with Crippen LogP contribution < -0.4 is 15.5 Å². The Labute approximate surface area is 149 Å². The summed E-state index contributed by atoms with van der Waals surface area (Å²) in [4.78, 5) is 30.2. The van der Waals surface area contributed by atoms with Gasteiger partial charge in [-0.15, -0.1) is 0 Å². The molecular weight excluding hydrogens is 318 g/mol. The third-order valence-corrected chi connectivity index (χ3v) is 5.15. The first kappa shape index (κ1) is 17.5. The van der Waals surface area contributed by atoms with Gasteiger partial charge in [0.25, 0.3) is 0 Å². The summed E-state index contributed by atoms with van der Waals surface area (Å²) in [7, 11) is 3.98. The zero-order valence-electron chi connectivity index (χ0n) is 15.2. The largest absolute Gasteiger partial charge is 0.336 e. The Balaban J connectivity index is 1.65. The molecule has 4 amide bonds. The summed E-state index contributed by atoms with van der Waals surface area (Å²) < 4.78 is 0. The highest BCUT2D eigenvalue weighted by Crippen LogP contribution is 2.23. The molecule has 0 aromatic heterocycles. The molecule has 0 bridgehead atoms. The molecule has 2 aliphatic heterocycles. The van der Waals surface area contributed by atoms with E-state index < -0.39 is 0 Å². The maximum Gasteiger partial charge on any atom is 0.321 e. The van der Waals surface area contributed by atoms with Crippen molar-refractivity contribution in [2.24, 2.45) is 5.92 Å². The predicted octanol–water partition coefficient (Wildman–Crippen LogP) is 2.02. The number of piperidine rings is 1. The van der Waals surface area contributed by atoms with E-state index in [1.807, 2.05) is 36.2 Å². The molecule has 0 radical (unpaired) electrons. The number of likely N-dealkylation sites (tertiary alicyclic amines) is 1. The molecule has 1 aromatic rings. The minimum absolute atomic E-state index is 0.0965. The maximum atomic E-state index is 12.6. The normalized spacial score (nSPS) is 24.1. The van der Waals surface area contributed by atoms with Crippen LogP contribution in [0.2, 0.25) is 0 Å². The number of rotatable bonds is 3. The topological polar surface area (TPSA) is 67.9 Å². The molecule has 136 valence electrons. The van der Waals surface area contributed by atoms with Crippen LogP contribution in [-0.4, -0.2) is 68.2 Å². The van der Waals surface area contributed by atoms with Crippen molar-refractivity contribution in [3.05, 3.63) is 24.3 Å². The molecule has 2 atom stereocenters. The van der Waals surface area contributed by atoms with Crippen LogP contribution in [-0.2, 0) is 0 Å². The van der Waals surface area contributed by atoms with Crippen molar-refractivity contribution in [1.29, 1.82) is 0 Å². The molecule has 7 nitrogen and oxygen atoms in total. The molecule has 2 saturated heterocycles. The first-order valence-electron chi connectivity index (χ1n) is 8.83. The fraction of sp³-hybridized carbons (Fsp3) is 0.556.